The number of hydrogen-bond acceptors (Lipinski definition) is 3. The Morgan fingerprint density at radius 3 is 2.47 bits per heavy atom. The van der Waals surface area contributed by atoms with Crippen molar-refractivity contribution in [2.75, 3.05) is 0 Å². The highest BCUT2D eigenvalue weighted by Gasteiger charge is 2.21. The van der Waals surface area contributed by atoms with E-state index in [4.69, 9.17) is 0 Å². The van der Waals surface area contributed by atoms with Crippen molar-refractivity contribution < 1.29 is 5.11 Å². The van der Waals surface area contributed by atoms with Crippen LogP contribution in [0.5, 0.6) is 5.88 Å². The van der Waals surface area contributed by atoms with E-state index in [2.05, 4.69) is 11.9 Å². The fraction of sp³-hybridized carbons (Fsp3) is 0.714. The Morgan fingerprint density at radius 1 is 1.26 bits per heavy atom. The van der Waals surface area contributed by atoms with Crippen LogP contribution in [0.3, 0.4) is 0 Å². The third-order valence-corrected chi connectivity index (χ3v) is 4.20. The number of nitrogens with one attached hydrogen (secondary N) is 1. The van der Waals surface area contributed by atoms with Crippen LogP contribution in [0.25, 0.3) is 0 Å². The molecule has 2 N–H and O–H groups in total. The Bertz CT molecular complexity index is 551. The molecule has 0 amide bonds. The summed E-state index contributed by atoms with van der Waals surface area (Å²) in [6, 6.07) is 0. The molecule has 19 heavy (non-hydrogen) atoms. The number of aromatic amines is 1. The highest BCUT2D eigenvalue weighted by molar-refractivity contribution is 5.22. The van der Waals surface area contributed by atoms with Gasteiger partial charge in [-0.15, -0.1) is 0 Å². The molecular formula is C14H22N2O3. The van der Waals surface area contributed by atoms with Crippen LogP contribution in [-0.4, -0.2) is 14.7 Å². The summed E-state index contributed by atoms with van der Waals surface area (Å²) in [4.78, 5) is 25.7. The van der Waals surface area contributed by atoms with Crippen molar-refractivity contribution >= 4 is 0 Å². The molecule has 5 heteroatoms. The summed E-state index contributed by atoms with van der Waals surface area (Å²) in [6.45, 7) is 4.54. The molecule has 0 saturated heterocycles. The van der Waals surface area contributed by atoms with Gasteiger partial charge in [0.25, 0.3) is 5.56 Å². The van der Waals surface area contributed by atoms with Gasteiger partial charge in [0.15, 0.2) is 0 Å². The first kappa shape index (κ1) is 13.9. The number of rotatable bonds is 3. The van der Waals surface area contributed by atoms with Gasteiger partial charge in [-0.3, -0.25) is 14.3 Å². The highest BCUT2D eigenvalue weighted by Crippen LogP contribution is 2.29. The van der Waals surface area contributed by atoms with E-state index in [1.165, 1.54) is 17.4 Å². The monoisotopic (exact) mass is 266 g/mol. The van der Waals surface area contributed by atoms with Crippen molar-refractivity contribution in [3.63, 3.8) is 0 Å². The molecule has 1 aliphatic rings. The molecule has 0 atom stereocenters. The molecule has 0 aromatic carbocycles. The molecule has 0 spiro atoms. The van der Waals surface area contributed by atoms with Crippen LogP contribution in [0, 0.1) is 11.8 Å². The number of aromatic nitrogens is 2. The van der Waals surface area contributed by atoms with Gasteiger partial charge in [0.05, 0.1) is 5.56 Å². The third-order valence-electron chi connectivity index (χ3n) is 4.20. The van der Waals surface area contributed by atoms with Crippen molar-refractivity contribution in [3.8, 4) is 5.88 Å². The summed E-state index contributed by atoms with van der Waals surface area (Å²) in [5, 5.41) is 10.1. The average Bonchev–Trinajstić information content (AvgIpc) is 2.37. The summed E-state index contributed by atoms with van der Waals surface area (Å²) < 4.78 is 1.32. The predicted molar refractivity (Wildman–Crippen MR) is 73.5 cm³/mol. The van der Waals surface area contributed by atoms with Crippen LogP contribution in [0.2, 0.25) is 0 Å². The van der Waals surface area contributed by atoms with Crippen molar-refractivity contribution in [1.82, 2.24) is 9.55 Å². The van der Waals surface area contributed by atoms with E-state index in [1.54, 1.807) is 6.92 Å². The van der Waals surface area contributed by atoms with Crippen LogP contribution in [0.4, 0.5) is 0 Å². The molecule has 0 unspecified atom stereocenters. The second-order valence-corrected chi connectivity index (χ2v) is 5.65. The van der Waals surface area contributed by atoms with E-state index in [0.717, 1.165) is 18.8 Å². The maximum atomic E-state index is 11.8. The van der Waals surface area contributed by atoms with Gasteiger partial charge in [0, 0.05) is 6.54 Å². The quantitative estimate of drug-likeness (QED) is 0.873. The second-order valence-electron chi connectivity index (χ2n) is 5.65. The van der Waals surface area contributed by atoms with Crippen molar-refractivity contribution in [2.45, 2.75) is 52.5 Å². The molecule has 1 fully saturated rings. The molecule has 0 bridgehead atoms. The second kappa shape index (κ2) is 5.63. The standard InChI is InChI=1S/C14H22N2O3/c1-3-11-12(17)15-14(19)16(13(11)18)8-10-6-4-9(2)5-7-10/h9-10,18H,3-8H2,1-2H3,(H,15,17,19). The zero-order valence-corrected chi connectivity index (χ0v) is 11.6. The van der Waals surface area contributed by atoms with Gasteiger partial charge in [-0.05, 0) is 31.1 Å². The molecule has 106 valence electrons. The van der Waals surface area contributed by atoms with E-state index >= 15 is 0 Å². The number of aromatic hydroxyl groups is 1. The van der Waals surface area contributed by atoms with E-state index < -0.39 is 11.2 Å². The zero-order chi connectivity index (χ0) is 14.0. The van der Waals surface area contributed by atoms with Crippen LogP contribution < -0.4 is 11.2 Å². The fourth-order valence-electron chi connectivity index (χ4n) is 2.86. The molecule has 0 radical (unpaired) electrons. The maximum Gasteiger partial charge on any atom is 0.331 e. The Balaban J connectivity index is 2.25. The summed E-state index contributed by atoms with van der Waals surface area (Å²) in [5.41, 5.74) is -0.680. The molecule has 1 saturated carbocycles. The zero-order valence-electron chi connectivity index (χ0n) is 11.6. The van der Waals surface area contributed by atoms with Crippen molar-refractivity contribution in [3.05, 3.63) is 26.4 Å². The van der Waals surface area contributed by atoms with E-state index in [-0.39, 0.29) is 5.88 Å². The topological polar surface area (TPSA) is 75.1 Å². The Kier molecular flexibility index (Phi) is 4.12. The van der Waals surface area contributed by atoms with Gasteiger partial charge in [-0.25, -0.2) is 4.79 Å². The molecular weight excluding hydrogens is 244 g/mol. The Labute approximate surface area is 112 Å². The molecule has 1 aliphatic carbocycles. The van der Waals surface area contributed by atoms with Crippen LogP contribution in [-0.2, 0) is 13.0 Å². The van der Waals surface area contributed by atoms with Gasteiger partial charge in [0.2, 0.25) is 5.88 Å². The third kappa shape index (κ3) is 2.91. The summed E-state index contributed by atoms with van der Waals surface area (Å²) >= 11 is 0. The number of nitrogens with zero attached hydrogens (tertiary/aromatic N) is 1. The number of H-pyrrole nitrogens is 1. The largest absolute Gasteiger partial charge is 0.494 e. The minimum atomic E-state index is -0.502. The van der Waals surface area contributed by atoms with Gasteiger partial charge < -0.3 is 5.11 Å². The van der Waals surface area contributed by atoms with E-state index in [1.807, 2.05) is 0 Å². The Morgan fingerprint density at radius 2 is 1.89 bits per heavy atom. The lowest BCUT2D eigenvalue weighted by molar-refractivity contribution is 0.250. The average molecular weight is 266 g/mol. The Hall–Kier alpha value is -1.52. The van der Waals surface area contributed by atoms with Crippen LogP contribution in [0.1, 0.15) is 45.1 Å². The summed E-state index contributed by atoms with van der Waals surface area (Å²) in [6.07, 6.45) is 4.92. The highest BCUT2D eigenvalue weighted by atomic mass is 16.3. The van der Waals surface area contributed by atoms with Gasteiger partial charge in [-0.2, -0.15) is 0 Å². The van der Waals surface area contributed by atoms with Crippen molar-refractivity contribution in [2.24, 2.45) is 11.8 Å². The van der Waals surface area contributed by atoms with Crippen LogP contribution >= 0.6 is 0 Å². The lowest BCUT2D eigenvalue weighted by Crippen LogP contribution is -2.34. The molecule has 5 nitrogen and oxygen atoms in total. The lowest BCUT2D eigenvalue weighted by Gasteiger charge is -2.26. The first-order chi connectivity index (χ1) is 9.02. The summed E-state index contributed by atoms with van der Waals surface area (Å²) in [7, 11) is 0. The van der Waals surface area contributed by atoms with Gasteiger partial charge >= 0.3 is 5.69 Å². The molecule has 1 aromatic rings. The SMILES string of the molecule is CCc1c(O)n(CC2CCC(C)CC2)c(=O)[nH]c1=O. The molecule has 0 aliphatic heterocycles. The minimum Gasteiger partial charge on any atom is -0.494 e. The maximum absolute atomic E-state index is 11.8. The molecule has 2 rings (SSSR count). The normalized spacial score (nSPS) is 23.5. The minimum absolute atomic E-state index is 0.158. The molecule has 1 aromatic heterocycles. The fourth-order valence-corrected chi connectivity index (χ4v) is 2.86. The predicted octanol–water partition coefficient (Wildman–Crippen LogP) is 1.63. The van der Waals surface area contributed by atoms with Gasteiger partial charge in [-0.1, -0.05) is 26.7 Å². The lowest BCUT2D eigenvalue weighted by atomic mass is 9.83. The van der Waals surface area contributed by atoms with Crippen molar-refractivity contribution in [1.29, 1.82) is 0 Å². The van der Waals surface area contributed by atoms with Gasteiger partial charge in [0.1, 0.15) is 0 Å². The summed E-state index contributed by atoms with van der Waals surface area (Å²) in [5.74, 6) is 1.01. The van der Waals surface area contributed by atoms with Crippen LogP contribution in [0.15, 0.2) is 9.59 Å². The first-order valence-corrected chi connectivity index (χ1v) is 7.07. The first-order valence-electron chi connectivity index (χ1n) is 7.07. The molecule has 1 heterocycles. The smallest absolute Gasteiger partial charge is 0.331 e. The number of hydrogen-bond donors (Lipinski definition) is 2. The van der Waals surface area contributed by atoms with E-state index in [9.17, 15) is 14.7 Å². The van der Waals surface area contributed by atoms with E-state index in [0.29, 0.717) is 24.4 Å².